The Balaban J connectivity index is 1.46. The molecule has 0 heterocycles. The third-order valence-electron chi connectivity index (χ3n) is 7.51. The third kappa shape index (κ3) is 8.31. The molecule has 1 atom stereocenters. The summed E-state index contributed by atoms with van der Waals surface area (Å²) >= 11 is 6.38. The van der Waals surface area contributed by atoms with Crippen LogP contribution in [0.3, 0.4) is 0 Å². The number of hydrogen-bond donors (Lipinski definition) is 2. The highest BCUT2D eigenvalue weighted by Crippen LogP contribution is 2.37. The van der Waals surface area contributed by atoms with Gasteiger partial charge in [-0.05, 0) is 66.0 Å². The molecule has 6 heteroatoms. The zero-order valence-electron chi connectivity index (χ0n) is 22.0. The van der Waals surface area contributed by atoms with Crippen LogP contribution in [0.2, 0.25) is 5.02 Å². The molecule has 1 aliphatic rings. The molecule has 0 aliphatic heterocycles. The van der Waals surface area contributed by atoms with Crippen LogP contribution >= 0.6 is 11.6 Å². The molecule has 38 heavy (non-hydrogen) atoms. The standard InChI is InChI=1S/C32H39ClFN3O/c33-32-27(15-8-17-30(32)34)22-37(18-9-19-38-28-16-7-10-24(20-28)21-31(35)36)23-29(25-11-3-1-4-12-25)26-13-5-2-6-14-26/h1,3-4,7-8,10-12,15-17,20,26,29H,2,5-6,9,13-14,18-19,21-23H2,(H3,35,36). The first-order valence-corrected chi connectivity index (χ1v) is 14.1. The topological polar surface area (TPSA) is 62.3 Å². The monoisotopic (exact) mass is 535 g/mol. The van der Waals surface area contributed by atoms with Gasteiger partial charge in [-0.15, -0.1) is 0 Å². The lowest BCUT2D eigenvalue weighted by atomic mass is 9.76. The zero-order valence-corrected chi connectivity index (χ0v) is 22.8. The van der Waals surface area contributed by atoms with E-state index in [1.54, 1.807) is 6.07 Å². The van der Waals surface area contributed by atoms with E-state index in [2.05, 4.69) is 35.2 Å². The Hall–Kier alpha value is -2.89. The Morgan fingerprint density at radius 3 is 2.55 bits per heavy atom. The van der Waals surface area contributed by atoms with Crippen LogP contribution in [0.25, 0.3) is 0 Å². The summed E-state index contributed by atoms with van der Waals surface area (Å²) in [5, 5.41) is 7.74. The molecule has 1 saturated carbocycles. The highest BCUT2D eigenvalue weighted by molar-refractivity contribution is 6.31. The first-order chi connectivity index (χ1) is 18.5. The van der Waals surface area contributed by atoms with E-state index in [-0.39, 0.29) is 16.7 Å². The molecule has 1 aliphatic carbocycles. The van der Waals surface area contributed by atoms with Gasteiger partial charge in [-0.1, -0.05) is 85.5 Å². The van der Waals surface area contributed by atoms with Crippen molar-refractivity contribution in [2.45, 2.75) is 57.4 Å². The number of nitrogens with one attached hydrogen (secondary N) is 1. The third-order valence-corrected chi connectivity index (χ3v) is 7.93. The van der Waals surface area contributed by atoms with Crippen LogP contribution in [0.4, 0.5) is 4.39 Å². The fraction of sp³-hybridized carbons (Fsp3) is 0.406. The fourth-order valence-corrected chi connectivity index (χ4v) is 5.82. The Morgan fingerprint density at radius 1 is 1.03 bits per heavy atom. The van der Waals surface area contributed by atoms with E-state index in [1.165, 1.54) is 43.7 Å². The largest absolute Gasteiger partial charge is 0.494 e. The second-order valence-corrected chi connectivity index (χ2v) is 10.8. The molecule has 4 nitrogen and oxygen atoms in total. The van der Waals surface area contributed by atoms with Gasteiger partial charge >= 0.3 is 0 Å². The predicted octanol–water partition coefficient (Wildman–Crippen LogP) is 7.59. The van der Waals surface area contributed by atoms with Gasteiger partial charge in [-0.2, -0.15) is 0 Å². The van der Waals surface area contributed by atoms with E-state index in [4.69, 9.17) is 27.5 Å². The van der Waals surface area contributed by atoms with Gasteiger partial charge in [0.25, 0.3) is 0 Å². The van der Waals surface area contributed by atoms with Crippen LogP contribution in [0.1, 0.15) is 61.1 Å². The maximum Gasteiger partial charge on any atom is 0.142 e. The summed E-state index contributed by atoms with van der Waals surface area (Å²) in [6.45, 7) is 2.88. The van der Waals surface area contributed by atoms with Crippen LogP contribution in [0.15, 0.2) is 72.8 Å². The van der Waals surface area contributed by atoms with Gasteiger partial charge < -0.3 is 10.5 Å². The number of nitrogens with zero attached hydrogens (tertiary/aromatic N) is 1. The number of rotatable bonds is 13. The van der Waals surface area contributed by atoms with Crippen molar-refractivity contribution in [1.29, 1.82) is 5.41 Å². The van der Waals surface area contributed by atoms with E-state index in [0.29, 0.717) is 31.4 Å². The van der Waals surface area contributed by atoms with Crippen molar-refractivity contribution in [1.82, 2.24) is 4.90 Å². The molecule has 3 aromatic carbocycles. The molecule has 4 rings (SSSR count). The minimum absolute atomic E-state index is 0.139. The summed E-state index contributed by atoms with van der Waals surface area (Å²) in [7, 11) is 0. The highest BCUT2D eigenvalue weighted by Gasteiger charge is 2.27. The number of ether oxygens (including phenoxy) is 1. The summed E-state index contributed by atoms with van der Waals surface area (Å²) in [6.07, 6.45) is 7.67. The van der Waals surface area contributed by atoms with Crippen molar-refractivity contribution >= 4 is 17.4 Å². The average molecular weight is 536 g/mol. The van der Waals surface area contributed by atoms with Crippen LogP contribution < -0.4 is 10.5 Å². The van der Waals surface area contributed by atoms with Gasteiger partial charge in [-0.3, -0.25) is 10.3 Å². The maximum absolute atomic E-state index is 14.3. The number of nitrogens with two attached hydrogens (primary N) is 1. The summed E-state index contributed by atoms with van der Waals surface area (Å²) in [6, 6.07) is 23.7. The van der Waals surface area contributed by atoms with Crippen LogP contribution in [-0.2, 0) is 13.0 Å². The molecule has 0 saturated heterocycles. The van der Waals surface area contributed by atoms with Gasteiger partial charge in [0.2, 0.25) is 0 Å². The highest BCUT2D eigenvalue weighted by atomic mass is 35.5. The van der Waals surface area contributed by atoms with Crippen molar-refractivity contribution in [2.75, 3.05) is 19.7 Å². The van der Waals surface area contributed by atoms with Gasteiger partial charge in [0.05, 0.1) is 17.5 Å². The molecule has 3 aromatic rings. The lowest BCUT2D eigenvalue weighted by Gasteiger charge is -2.35. The molecule has 3 N–H and O–H groups in total. The fourth-order valence-electron chi connectivity index (χ4n) is 5.63. The quantitative estimate of drug-likeness (QED) is 0.135. The second-order valence-electron chi connectivity index (χ2n) is 10.4. The molecule has 0 bridgehead atoms. The summed E-state index contributed by atoms with van der Waals surface area (Å²) in [4.78, 5) is 2.42. The molecular formula is C32H39ClFN3O. The van der Waals surface area contributed by atoms with Gasteiger partial charge in [0, 0.05) is 26.1 Å². The Kier molecular flexibility index (Phi) is 10.6. The Morgan fingerprint density at radius 2 is 1.79 bits per heavy atom. The number of amidine groups is 1. The lowest BCUT2D eigenvalue weighted by Crippen LogP contribution is -2.33. The van der Waals surface area contributed by atoms with Crippen LogP contribution in [-0.4, -0.2) is 30.4 Å². The van der Waals surface area contributed by atoms with Crippen LogP contribution in [0.5, 0.6) is 5.75 Å². The van der Waals surface area contributed by atoms with Gasteiger partial charge in [0.15, 0.2) is 0 Å². The number of benzene rings is 3. The summed E-state index contributed by atoms with van der Waals surface area (Å²) in [5.74, 6) is 1.63. The van der Waals surface area contributed by atoms with Crippen molar-refractivity contribution in [3.05, 3.63) is 100 Å². The SMILES string of the molecule is N=C(N)Cc1cccc(OCCCN(Cc2cccc(F)c2Cl)CC(c2ccccc2)C2CCCCC2)c1. The first kappa shape index (κ1) is 28.1. The molecule has 0 aromatic heterocycles. The second kappa shape index (κ2) is 14.3. The molecule has 1 unspecified atom stereocenters. The average Bonchev–Trinajstić information content (AvgIpc) is 2.93. The molecule has 0 amide bonds. The molecule has 0 radical (unpaired) electrons. The van der Waals surface area contributed by atoms with Crippen molar-refractivity contribution < 1.29 is 9.13 Å². The van der Waals surface area contributed by atoms with Crippen molar-refractivity contribution in [2.24, 2.45) is 11.7 Å². The Bertz CT molecular complexity index is 1170. The molecular weight excluding hydrogens is 497 g/mol. The molecule has 0 spiro atoms. The first-order valence-electron chi connectivity index (χ1n) is 13.7. The Labute approximate surface area is 231 Å². The molecule has 202 valence electrons. The molecule has 1 fully saturated rings. The van der Waals surface area contributed by atoms with Crippen molar-refractivity contribution in [3.63, 3.8) is 0 Å². The van der Waals surface area contributed by atoms with Crippen LogP contribution in [0, 0.1) is 17.1 Å². The summed E-state index contributed by atoms with van der Waals surface area (Å²) in [5.41, 5.74) is 8.72. The van der Waals surface area contributed by atoms with Crippen molar-refractivity contribution in [3.8, 4) is 5.75 Å². The minimum atomic E-state index is -0.371. The van der Waals surface area contributed by atoms with E-state index >= 15 is 0 Å². The lowest BCUT2D eigenvalue weighted by molar-refractivity contribution is 0.184. The number of hydrogen-bond acceptors (Lipinski definition) is 3. The van der Waals surface area contributed by atoms with E-state index in [9.17, 15) is 4.39 Å². The van der Waals surface area contributed by atoms with E-state index in [1.807, 2.05) is 30.3 Å². The predicted molar refractivity (Wildman–Crippen MR) is 155 cm³/mol. The zero-order chi connectivity index (χ0) is 26.7. The minimum Gasteiger partial charge on any atom is -0.494 e. The van der Waals surface area contributed by atoms with Gasteiger partial charge in [-0.25, -0.2) is 4.39 Å². The van der Waals surface area contributed by atoms with E-state index in [0.717, 1.165) is 36.4 Å². The normalized spacial score (nSPS) is 14.9. The smallest absolute Gasteiger partial charge is 0.142 e. The maximum atomic E-state index is 14.3. The number of halogens is 2. The van der Waals surface area contributed by atoms with E-state index < -0.39 is 0 Å². The summed E-state index contributed by atoms with van der Waals surface area (Å²) < 4.78 is 20.3. The van der Waals surface area contributed by atoms with Gasteiger partial charge in [0.1, 0.15) is 11.6 Å².